The summed E-state index contributed by atoms with van der Waals surface area (Å²) in [6, 6.07) is 19.1. The highest BCUT2D eigenvalue weighted by Crippen LogP contribution is 2.31. The molecule has 5 heteroatoms. The lowest BCUT2D eigenvalue weighted by molar-refractivity contribution is -0.133. The number of rotatable bonds is 5. The maximum atomic E-state index is 12.9. The van der Waals surface area contributed by atoms with E-state index in [9.17, 15) is 4.79 Å². The summed E-state index contributed by atoms with van der Waals surface area (Å²) in [5, 5.41) is 0. The van der Waals surface area contributed by atoms with E-state index in [0.717, 1.165) is 51.3 Å². The summed E-state index contributed by atoms with van der Waals surface area (Å²) in [6.07, 6.45) is 2.31. The average Bonchev–Trinajstić information content (AvgIpc) is 3.22. The topological polar surface area (TPSA) is 36.0 Å². The molecule has 2 fully saturated rings. The van der Waals surface area contributed by atoms with Gasteiger partial charge in [-0.05, 0) is 49.2 Å². The first-order valence-electron chi connectivity index (χ1n) is 10.2. The number of hydrogen-bond acceptors (Lipinski definition) is 4. The van der Waals surface area contributed by atoms with Crippen molar-refractivity contribution < 1.29 is 9.53 Å². The molecule has 1 amide bonds. The molecule has 4 rings (SSSR count). The van der Waals surface area contributed by atoms with Crippen LogP contribution in [0.5, 0.6) is 5.75 Å². The Morgan fingerprint density at radius 1 is 0.964 bits per heavy atom. The molecule has 0 spiro atoms. The van der Waals surface area contributed by atoms with Crippen molar-refractivity contribution in [1.82, 2.24) is 9.80 Å². The average molecular weight is 380 g/mol. The van der Waals surface area contributed by atoms with E-state index in [1.165, 1.54) is 11.3 Å². The molecule has 2 aromatic rings. The highest BCUT2D eigenvalue weighted by Gasteiger charge is 2.30. The number of piperazine rings is 1. The smallest absolute Gasteiger partial charge is 0.236 e. The maximum absolute atomic E-state index is 12.9. The van der Waals surface area contributed by atoms with Gasteiger partial charge < -0.3 is 14.5 Å². The van der Waals surface area contributed by atoms with Crippen molar-refractivity contribution in [3.05, 3.63) is 60.2 Å². The maximum Gasteiger partial charge on any atom is 0.236 e. The predicted molar refractivity (Wildman–Crippen MR) is 112 cm³/mol. The number of carbonyl (C=O) groups excluding carboxylic acids is 1. The van der Waals surface area contributed by atoms with E-state index < -0.39 is 0 Å². The zero-order chi connectivity index (χ0) is 19.3. The minimum atomic E-state index is 0.261. The highest BCUT2D eigenvalue weighted by atomic mass is 16.5. The Bertz CT molecular complexity index is 770. The second-order valence-electron chi connectivity index (χ2n) is 7.61. The second-order valence-corrected chi connectivity index (χ2v) is 7.61. The number of anilines is 1. The van der Waals surface area contributed by atoms with Crippen LogP contribution in [0.2, 0.25) is 0 Å². The summed E-state index contributed by atoms with van der Waals surface area (Å²) in [5.41, 5.74) is 2.52. The number of methoxy groups -OCH3 is 1. The van der Waals surface area contributed by atoms with Crippen LogP contribution in [0.15, 0.2) is 54.6 Å². The van der Waals surface area contributed by atoms with E-state index in [2.05, 4.69) is 52.3 Å². The Kier molecular flexibility index (Phi) is 5.81. The first-order valence-corrected chi connectivity index (χ1v) is 10.2. The minimum absolute atomic E-state index is 0.261. The quantitative estimate of drug-likeness (QED) is 0.799. The van der Waals surface area contributed by atoms with Gasteiger partial charge in [0, 0.05) is 37.9 Å². The van der Waals surface area contributed by atoms with Gasteiger partial charge in [-0.15, -0.1) is 0 Å². The number of amides is 1. The molecule has 2 aromatic carbocycles. The van der Waals surface area contributed by atoms with Crippen LogP contribution in [0.25, 0.3) is 0 Å². The Balaban J connectivity index is 1.31. The molecule has 2 aliphatic rings. The van der Waals surface area contributed by atoms with Crippen LogP contribution in [-0.2, 0) is 4.79 Å². The lowest BCUT2D eigenvalue weighted by atomic mass is 10.0. The second kappa shape index (κ2) is 8.65. The number of carbonyl (C=O) groups is 1. The SMILES string of the molecule is COc1ccc(N2CCN(C(=O)CN3CCCC3c3ccccc3)CC2)cc1. The molecule has 1 atom stereocenters. The van der Waals surface area contributed by atoms with E-state index >= 15 is 0 Å². The lowest BCUT2D eigenvalue weighted by Gasteiger charge is -2.37. The zero-order valence-electron chi connectivity index (χ0n) is 16.6. The molecule has 2 heterocycles. The standard InChI is InChI=1S/C23H29N3O2/c1-28-21-11-9-20(10-12-21)24-14-16-25(17-15-24)23(27)18-26-13-5-8-22(26)19-6-3-2-4-7-19/h2-4,6-7,9-12,22H,5,8,13-18H2,1H3. The van der Waals surface area contributed by atoms with Gasteiger partial charge >= 0.3 is 0 Å². The largest absolute Gasteiger partial charge is 0.497 e. The van der Waals surface area contributed by atoms with Crippen molar-refractivity contribution in [1.29, 1.82) is 0 Å². The van der Waals surface area contributed by atoms with Crippen molar-refractivity contribution in [3.63, 3.8) is 0 Å². The van der Waals surface area contributed by atoms with Crippen LogP contribution >= 0.6 is 0 Å². The summed E-state index contributed by atoms with van der Waals surface area (Å²) < 4.78 is 5.23. The Morgan fingerprint density at radius 3 is 2.36 bits per heavy atom. The molecule has 1 unspecified atom stereocenters. The predicted octanol–water partition coefficient (Wildman–Crippen LogP) is 3.18. The van der Waals surface area contributed by atoms with Crippen molar-refractivity contribution in [3.8, 4) is 5.75 Å². The Hall–Kier alpha value is -2.53. The van der Waals surface area contributed by atoms with Crippen LogP contribution < -0.4 is 9.64 Å². The molecule has 0 aliphatic carbocycles. The third-order valence-corrected chi connectivity index (χ3v) is 5.96. The summed E-state index contributed by atoms with van der Waals surface area (Å²) in [4.78, 5) is 19.6. The molecule has 0 radical (unpaired) electrons. The van der Waals surface area contributed by atoms with Gasteiger partial charge in [0.1, 0.15) is 5.75 Å². The van der Waals surface area contributed by atoms with Gasteiger partial charge in [-0.3, -0.25) is 9.69 Å². The van der Waals surface area contributed by atoms with E-state index in [1.807, 2.05) is 17.0 Å². The van der Waals surface area contributed by atoms with Crippen molar-refractivity contribution in [2.75, 3.05) is 51.3 Å². The van der Waals surface area contributed by atoms with Gasteiger partial charge in [0.2, 0.25) is 5.91 Å². The molecule has 28 heavy (non-hydrogen) atoms. The van der Waals surface area contributed by atoms with Crippen LogP contribution in [0.4, 0.5) is 5.69 Å². The number of benzene rings is 2. The third kappa shape index (κ3) is 4.14. The van der Waals surface area contributed by atoms with Gasteiger partial charge in [-0.1, -0.05) is 30.3 Å². The molecule has 0 saturated carbocycles. The van der Waals surface area contributed by atoms with Crippen LogP contribution in [0.3, 0.4) is 0 Å². The fourth-order valence-electron chi connectivity index (χ4n) is 4.35. The molecule has 148 valence electrons. The van der Waals surface area contributed by atoms with Gasteiger partial charge in [-0.2, -0.15) is 0 Å². The van der Waals surface area contributed by atoms with Crippen molar-refractivity contribution >= 4 is 11.6 Å². The lowest BCUT2D eigenvalue weighted by Crippen LogP contribution is -2.51. The fourth-order valence-corrected chi connectivity index (χ4v) is 4.35. The first kappa shape index (κ1) is 18.8. The molecule has 0 bridgehead atoms. The molecule has 2 aliphatic heterocycles. The van der Waals surface area contributed by atoms with E-state index in [0.29, 0.717) is 12.6 Å². The van der Waals surface area contributed by atoms with Crippen LogP contribution in [0.1, 0.15) is 24.4 Å². The summed E-state index contributed by atoms with van der Waals surface area (Å²) in [6.45, 7) is 4.86. The molecule has 5 nitrogen and oxygen atoms in total. The van der Waals surface area contributed by atoms with Gasteiger partial charge in [0.15, 0.2) is 0 Å². The summed E-state index contributed by atoms with van der Waals surface area (Å²) in [7, 11) is 1.68. The fraction of sp³-hybridized carbons (Fsp3) is 0.435. The number of hydrogen-bond donors (Lipinski definition) is 0. The summed E-state index contributed by atoms with van der Waals surface area (Å²) in [5.74, 6) is 1.13. The molecule has 0 aromatic heterocycles. The molecular weight excluding hydrogens is 350 g/mol. The van der Waals surface area contributed by atoms with E-state index in [1.54, 1.807) is 7.11 Å². The summed E-state index contributed by atoms with van der Waals surface area (Å²) >= 11 is 0. The number of nitrogens with zero attached hydrogens (tertiary/aromatic N) is 3. The van der Waals surface area contributed by atoms with E-state index in [-0.39, 0.29) is 5.91 Å². The monoisotopic (exact) mass is 379 g/mol. The van der Waals surface area contributed by atoms with Gasteiger partial charge in [-0.25, -0.2) is 0 Å². The molecular formula is C23H29N3O2. The molecule has 2 saturated heterocycles. The Morgan fingerprint density at radius 2 is 1.68 bits per heavy atom. The number of likely N-dealkylation sites (tertiary alicyclic amines) is 1. The Labute approximate surface area is 167 Å². The van der Waals surface area contributed by atoms with Crippen molar-refractivity contribution in [2.24, 2.45) is 0 Å². The zero-order valence-corrected chi connectivity index (χ0v) is 16.6. The van der Waals surface area contributed by atoms with Crippen LogP contribution in [0, 0.1) is 0 Å². The third-order valence-electron chi connectivity index (χ3n) is 5.96. The number of ether oxygens (including phenoxy) is 1. The van der Waals surface area contributed by atoms with Crippen molar-refractivity contribution in [2.45, 2.75) is 18.9 Å². The van der Waals surface area contributed by atoms with Gasteiger partial charge in [0.25, 0.3) is 0 Å². The highest BCUT2D eigenvalue weighted by molar-refractivity contribution is 5.78. The van der Waals surface area contributed by atoms with Crippen LogP contribution in [-0.4, -0.2) is 62.1 Å². The minimum Gasteiger partial charge on any atom is -0.497 e. The molecule has 0 N–H and O–H groups in total. The van der Waals surface area contributed by atoms with Gasteiger partial charge in [0.05, 0.1) is 13.7 Å². The normalized spacial score (nSPS) is 20.4. The van der Waals surface area contributed by atoms with E-state index in [4.69, 9.17) is 4.74 Å². The first-order chi connectivity index (χ1) is 13.7.